The van der Waals surface area contributed by atoms with Crippen LogP contribution < -0.4 is 10.6 Å². The van der Waals surface area contributed by atoms with Gasteiger partial charge in [0.15, 0.2) is 5.60 Å². The molecule has 0 aromatic rings. The third kappa shape index (κ3) is 4.26. The molecule has 4 N–H and O–H groups in total. The second-order valence-electron chi connectivity index (χ2n) is 4.01. The van der Waals surface area contributed by atoms with E-state index in [9.17, 15) is 14.7 Å². The Bertz CT molecular complexity index is 261. The minimum Gasteiger partial charge on any atom is -0.479 e. The molecule has 1 rings (SSSR count). The highest BCUT2D eigenvalue weighted by atomic mass is 16.4. The summed E-state index contributed by atoms with van der Waals surface area (Å²) >= 11 is 0. The maximum absolute atomic E-state index is 11.2. The SMILES string of the molecule is CC(O)(CNC(=O)CNC1CC1)C(=O)O. The van der Waals surface area contributed by atoms with Gasteiger partial charge in [-0.2, -0.15) is 0 Å². The summed E-state index contributed by atoms with van der Waals surface area (Å²) in [5.74, 6) is -1.65. The summed E-state index contributed by atoms with van der Waals surface area (Å²) in [7, 11) is 0. The molecule has 15 heavy (non-hydrogen) atoms. The highest BCUT2D eigenvalue weighted by molar-refractivity contribution is 5.81. The third-order valence-corrected chi connectivity index (χ3v) is 2.22. The Hall–Kier alpha value is -1.14. The number of carboxylic acid groups (broad SMARTS) is 1. The van der Waals surface area contributed by atoms with Crippen LogP contribution in [0.5, 0.6) is 0 Å². The number of carboxylic acids is 1. The molecule has 0 spiro atoms. The lowest BCUT2D eigenvalue weighted by atomic mass is 10.1. The number of rotatable bonds is 6. The lowest BCUT2D eigenvalue weighted by Gasteiger charge is -2.18. The molecule has 0 aromatic heterocycles. The fourth-order valence-electron chi connectivity index (χ4n) is 0.933. The topological polar surface area (TPSA) is 98.7 Å². The molecule has 1 aliphatic carbocycles. The van der Waals surface area contributed by atoms with Gasteiger partial charge in [0.05, 0.1) is 13.1 Å². The standard InChI is InChI=1S/C9H16N2O4/c1-9(15,8(13)14)5-11-7(12)4-10-6-2-3-6/h6,10,15H,2-5H2,1H3,(H,11,12)(H,13,14). The van der Waals surface area contributed by atoms with Gasteiger partial charge in [-0.3, -0.25) is 4.79 Å². The van der Waals surface area contributed by atoms with Crippen molar-refractivity contribution in [2.75, 3.05) is 13.1 Å². The van der Waals surface area contributed by atoms with E-state index < -0.39 is 11.6 Å². The summed E-state index contributed by atoms with van der Waals surface area (Å²) in [6, 6.07) is 0.427. The molecule has 1 fully saturated rings. The summed E-state index contributed by atoms with van der Waals surface area (Å²) in [5, 5.41) is 23.2. The second kappa shape index (κ2) is 4.59. The van der Waals surface area contributed by atoms with Crippen molar-refractivity contribution >= 4 is 11.9 Å². The van der Waals surface area contributed by atoms with Crippen LogP contribution in [0.3, 0.4) is 0 Å². The second-order valence-corrected chi connectivity index (χ2v) is 4.01. The van der Waals surface area contributed by atoms with Gasteiger partial charge in [-0.1, -0.05) is 0 Å². The first kappa shape index (κ1) is 11.9. The summed E-state index contributed by atoms with van der Waals surface area (Å²) < 4.78 is 0. The first-order chi connectivity index (χ1) is 6.92. The fraction of sp³-hybridized carbons (Fsp3) is 0.778. The normalized spacial score (nSPS) is 19.3. The van der Waals surface area contributed by atoms with Crippen LogP contribution in [0, 0.1) is 0 Å². The van der Waals surface area contributed by atoms with Crippen LogP contribution in [0.1, 0.15) is 19.8 Å². The van der Waals surface area contributed by atoms with E-state index >= 15 is 0 Å². The van der Waals surface area contributed by atoms with Gasteiger partial charge in [0.1, 0.15) is 0 Å². The Morgan fingerprint density at radius 2 is 2.07 bits per heavy atom. The summed E-state index contributed by atoms with van der Waals surface area (Å²) in [6.07, 6.45) is 2.17. The minimum atomic E-state index is -1.91. The van der Waals surface area contributed by atoms with E-state index in [1.54, 1.807) is 0 Å². The molecule has 1 unspecified atom stereocenters. The third-order valence-electron chi connectivity index (χ3n) is 2.22. The van der Waals surface area contributed by atoms with Crippen LogP contribution in [0.15, 0.2) is 0 Å². The van der Waals surface area contributed by atoms with Crippen molar-refractivity contribution < 1.29 is 19.8 Å². The van der Waals surface area contributed by atoms with Crippen molar-refractivity contribution in [3.8, 4) is 0 Å². The van der Waals surface area contributed by atoms with Gasteiger partial charge in [-0.15, -0.1) is 0 Å². The lowest BCUT2D eigenvalue weighted by molar-refractivity contribution is -0.156. The van der Waals surface area contributed by atoms with E-state index in [1.165, 1.54) is 0 Å². The van der Waals surface area contributed by atoms with Crippen molar-refractivity contribution in [1.82, 2.24) is 10.6 Å². The van der Waals surface area contributed by atoms with Gasteiger partial charge in [0.2, 0.25) is 5.91 Å². The number of carbonyl (C=O) groups is 2. The molecule has 0 saturated heterocycles. The average molecular weight is 216 g/mol. The summed E-state index contributed by atoms with van der Waals surface area (Å²) in [6.45, 7) is 1.03. The zero-order valence-electron chi connectivity index (χ0n) is 8.62. The molecule has 0 heterocycles. The molecule has 0 radical (unpaired) electrons. The average Bonchev–Trinajstić information content (AvgIpc) is 2.94. The quantitative estimate of drug-likeness (QED) is 0.442. The minimum absolute atomic E-state index is 0.167. The molecule has 1 amide bonds. The smallest absolute Gasteiger partial charge is 0.337 e. The van der Waals surface area contributed by atoms with E-state index in [0.717, 1.165) is 19.8 Å². The van der Waals surface area contributed by atoms with Crippen LogP contribution in [0.2, 0.25) is 0 Å². The van der Waals surface area contributed by atoms with E-state index in [2.05, 4.69) is 10.6 Å². The number of nitrogens with one attached hydrogen (secondary N) is 2. The molecule has 1 atom stereocenters. The van der Waals surface area contributed by atoms with Gasteiger partial charge in [0.25, 0.3) is 0 Å². The van der Waals surface area contributed by atoms with E-state index in [4.69, 9.17) is 5.11 Å². The van der Waals surface area contributed by atoms with Crippen molar-refractivity contribution in [3.63, 3.8) is 0 Å². The molecule has 86 valence electrons. The van der Waals surface area contributed by atoms with Gasteiger partial charge in [-0.05, 0) is 19.8 Å². The number of aliphatic hydroxyl groups is 1. The predicted octanol–water partition coefficient (Wildman–Crippen LogP) is -1.31. The molecule has 1 saturated carbocycles. The van der Waals surface area contributed by atoms with Crippen molar-refractivity contribution in [2.24, 2.45) is 0 Å². The van der Waals surface area contributed by atoms with Gasteiger partial charge in [-0.25, -0.2) is 4.79 Å². The number of hydrogen-bond donors (Lipinski definition) is 4. The Morgan fingerprint density at radius 3 is 2.53 bits per heavy atom. The molecule has 0 aliphatic heterocycles. The van der Waals surface area contributed by atoms with Crippen LogP contribution in [0.4, 0.5) is 0 Å². The van der Waals surface area contributed by atoms with E-state index in [0.29, 0.717) is 6.04 Å². The van der Waals surface area contributed by atoms with Gasteiger partial charge in [0, 0.05) is 6.04 Å². The van der Waals surface area contributed by atoms with E-state index in [1.807, 2.05) is 0 Å². The Labute approximate surface area is 87.7 Å². The Balaban J connectivity index is 2.17. The fourth-order valence-corrected chi connectivity index (χ4v) is 0.933. The monoisotopic (exact) mass is 216 g/mol. The summed E-state index contributed by atoms with van der Waals surface area (Å²) in [4.78, 5) is 21.7. The maximum Gasteiger partial charge on any atom is 0.337 e. The van der Waals surface area contributed by atoms with Crippen LogP contribution in [-0.2, 0) is 9.59 Å². The predicted molar refractivity (Wildman–Crippen MR) is 52.3 cm³/mol. The zero-order valence-corrected chi connectivity index (χ0v) is 8.62. The van der Waals surface area contributed by atoms with Crippen molar-refractivity contribution in [2.45, 2.75) is 31.4 Å². The molecule has 6 nitrogen and oxygen atoms in total. The Morgan fingerprint density at radius 1 is 1.47 bits per heavy atom. The molecular formula is C9H16N2O4. The lowest BCUT2D eigenvalue weighted by Crippen LogP contribution is -2.48. The molecule has 6 heteroatoms. The Kier molecular flexibility index (Phi) is 3.65. The first-order valence-corrected chi connectivity index (χ1v) is 4.87. The van der Waals surface area contributed by atoms with Crippen LogP contribution in [-0.4, -0.2) is 46.8 Å². The first-order valence-electron chi connectivity index (χ1n) is 4.87. The molecule has 1 aliphatic rings. The number of aliphatic carboxylic acids is 1. The van der Waals surface area contributed by atoms with Crippen molar-refractivity contribution in [1.29, 1.82) is 0 Å². The summed E-state index contributed by atoms with van der Waals surface area (Å²) in [5.41, 5.74) is -1.91. The maximum atomic E-state index is 11.2. The number of amides is 1. The highest BCUT2D eigenvalue weighted by Crippen LogP contribution is 2.17. The van der Waals surface area contributed by atoms with Crippen molar-refractivity contribution in [3.05, 3.63) is 0 Å². The van der Waals surface area contributed by atoms with Crippen LogP contribution in [0.25, 0.3) is 0 Å². The molecule has 0 bridgehead atoms. The number of hydrogen-bond acceptors (Lipinski definition) is 4. The van der Waals surface area contributed by atoms with Gasteiger partial charge < -0.3 is 20.8 Å². The van der Waals surface area contributed by atoms with E-state index in [-0.39, 0.29) is 19.0 Å². The largest absolute Gasteiger partial charge is 0.479 e. The molecular weight excluding hydrogens is 200 g/mol. The van der Waals surface area contributed by atoms with Crippen LogP contribution >= 0.6 is 0 Å². The van der Waals surface area contributed by atoms with Gasteiger partial charge >= 0.3 is 5.97 Å². The zero-order chi connectivity index (χ0) is 11.5. The number of carbonyl (C=O) groups excluding carboxylic acids is 1. The molecule has 0 aromatic carbocycles. The highest BCUT2D eigenvalue weighted by Gasteiger charge is 2.30.